The number of aryl methyl sites for hydroxylation is 2. The van der Waals surface area contributed by atoms with Crippen molar-refractivity contribution in [3.05, 3.63) is 51.4 Å². The summed E-state index contributed by atoms with van der Waals surface area (Å²) < 4.78 is -1.79. The normalized spacial score (nSPS) is 14.8. The Bertz CT molecular complexity index is 881. The third-order valence-electron chi connectivity index (χ3n) is 4.48. The second kappa shape index (κ2) is 8.28. The minimum atomic E-state index is -1.79. The number of hydrogen-bond donors (Lipinski definition) is 2. The van der Waals surface area contributed by atoms with Crippen LogP contribution in [0.5, 0.6) is 0 Å². The number of nitrogens with zero attached hydrogens (tertiary/aromatic N) is 1. The van der Waals surface area contributed by atoms with E-state index < -0.39 is 9.96 Å². The average molecular weight is 443 g/mol. The lowest BCUT2D eigenvalue weighted by atomic mass is 9.96. The maximum atomic E-state index is 12.6. The highest BCUT2D eigenvalue weighted by atomic mass is 35.6. The summed E-state index contributed by atoms with van der Waals surface area (Å²) in [5.41, 5.74) is 3.17. The van der Waals surface area contributed by atoms with Gasteiger partial charge in [-0.2, -0.15) is 5.26 Å². The molecule has 0 spiro atoms. The van der Waals surface area contributed by atoms with Gasteiger partial charge in [0.2, 0.25) is 3.79 Å². The first-order chi connectivity index (χ1) is 12.8. The minimum Gasteiger partial charge on any atom is -0.352 e. The molecule has 3 rings (SSSR count). The van der Waals surface area contributed by atoms with Crippen molar-refractivity contribution in [2.45, 2.75) is 42.6 Å². The smallest absolute Gasteiger partial charge is 0.252 e. The molecule has 1 atom stereocenters. The van der Waals surface area contributed by atoms with Gasteiger partial charge in [-0.15, -0.1) is 11.3 Å². The van der Waals surface area contributed by atoms with E-state index in [0.29, 0.717) is 16.1 Å². The largest absolute Gasteiger partial charge is 0.352 e. The number of benzene rings is 1. The number of amides is 1. The second-order valence-corrected chi connectivity index (χ2v) is 9.96. The summed E-state index contributed by atoms with van der Waals surface area (Å²) in [5.74, 6) is -0.362. The van der Waals surface area contributed by atoms with Gasteiger partial charge in [0.25, 0.3) is 5.91 Å². The Hall–Kier alpha value is -1.45. The average Bonchev–Trinajstić information content (AvgIpc) is 2.98. The van der Waals surface area contributed by atoms with Gasteiger partial charge in [0.15, 0.2) is 0 Å². The van der Waals surface area contributed by atoms with Crippen LogP contribution in [0.15, 0.2) is 24.3 Å². The number of carbonyl (C=O) groups is 1. The molecule has 1 aromatic heterocycles. The van der Waals surface area contributed by atoms with E-state index in [2.05, 4.69) is 16.7 Å². The Labute approximate surface area is 177 Å². The predicted octanol–water partition coefficient (Wildman–Crippen LogP) is 5.35. The lowest BCUT2D eigenvalue weighted by Gasteiger charge is -2.27. The van der Waals surface area contributed by atoms with Crippen molar-refractivity contribution in [3.8, 4) is 6.07 Å². The Morgan fingerprint density at radius 3 is 2.52 bits per heavy atom. The molecule has 0 saturated heterocycles. The predicted molar refractivity (Wildman–Crippen MR) is 112 cm³/mol. The Morgan fingerprint density at radius 1 is 1.22 bits per heavy atom. The molecule has 0 fully saturated rings. The van der Waals surface area contributed by atoms with Gasteiger partial charge < -0.3 is 10.6 Å². The van der Waals surface area contributed by atoms with Crippen LogP contribution in [0, 0.1) is 18.3 Å². The first-order valence-electron chi connectivity index (χ1n) is 8.55. The van der Waals surface area contributed by atoms with E-state index in [1.165, 1.54) is 16.2 Å². The zero-order valence-electron chi connectivity index (χ0n) is 14.6. The van der Waals surface area contributed by atoms with Gasteiger partial charge in [-0.3, -0.25) is 4.79 Å². The lowest BCUT2D eigenvalue weighted by molar-refractivity contribution is 0.0942. The second-order valence-electron chi connectivity index (χ2n) is 6.49. The van der Waals surface area contributed by atoms with Crippen LogP contribution in [0.1, 0.15) is 44.8 Å². The van der Waals surface area contributed by atoms with E-state index in [1.807, 2.05) is 19.1 Å². The summed E-state index contributed by atoms with van der Waals surface area (Å²) in [5, 5.41) is 16.0. The van der Waals surface area contributed by atoms with Crippen molar-refractivity contribution in [3.63, 3.8) is 0 Å². The fraction of sp³-hybridized carbons (Fsp3) is 0.368. The van der Waals surface area contributed by atoms with Crippen molar-refractivity contribution in [1.82, 2.24) is 5.32 Å². The minimum absolute atomic E-state index is 0.362. The van der Waals surface area contributed by atoms with Crippen LogP contribution in [0.4, 0.5) is 5.00 Å². The number of fused-ring (bicyclic) bond motifs is 1. The Balaban J connectivity index is 1.84. The van der Waals surface area contributed by atoms with Crippen LogP contribution in [0.2, 0.25) is 0 Å². The van der Waals surface area contributed by atoms with Gasteiger partial charge in [-0.05, 0) is 50.3 Å². The first kappa shape index (κ1) is 20.3. The molecule has 4 nitrogen and oxygen atoms in total. The van der Waals surface area contributed by atoms with E-state index in [-0.39, 0.29) is 5.91 Å². The maximum absolute atomic E-state index is 12.6. The summed E-state index contributed by atoms with van der Waals surface area (Å²) in [6, 6.07) is 9.37. The molecule has 2 N–H and O–H groups in total. The molecule has 2 aromatic rings. The van der Waals surface area contributed by atoms with E-state index >= 15 is 0 Å². The number of rotatable bonds is 4. The maximum Gasteiger partial charge on any atom is 0.252 e. The highest BCUT2D eigenvalue weighted by Gasteiger charge is 2.36. The molecule has 0 bridgehead atoms. The van der Waals surface area contributed by atoms with Crippen LogP contribution in [0.3, 0.4) is 0 Å². The van der Waals surface area contributed by atoms with Crippen molar-refractivity contribution in [2.24, 2.45) is 0 Å². The summed E-state index contributed by atoms with van der Waals surface area (Å²) >= 11 is 19.8. The lowest BCUT2D eigenvalue weighted by Crippen LogP contribution is -2.49. The van der Waals surface area contributed by atoms with Gasteiger partial charge in [0, 0.05) is 10.4 Å². The molecular formula is C19H18Cl3N3OS. The van der Waals surface area contributed by atoms with Gasteiger partial charge in [0.05, 0.1) is 5.56 Å². The standard InChI is InChI=1S/C19H18Cl3N3OS/c1-11-6-8-12(9-7-11)16(26)24-18(19(20,21)22)25-17-14(10-23)13-4-2-3-5-15(13)27-17/h6-9,18,25H,2-5H2,1H3,(H,24,26). The first-order valence-corrected chi connectivity index (χ1v) is 10.5. The highest BCUT2D eigenvalue weighted by Crippen LogP contribution is 2.40. The molecular weight excluding hydrogens is 425 g/mol. The monoisotopic (exact) mass is 441 g/mol. The van der Waals surface area contributed by atoms with Crippen LogP contribution >= 0.6 is 46.1 Å². The van der Waals surface area contributed by atoms with Crippen molar-refractivity contribution in [1.29, 1.82) is 5.26 Å². The number of nitriles is 1. The molecule has 0 aliphatic heterocycles. The topological polar surface area (TPSA) is 64.9 Å². The molecule has 1 unspecified atom stereocenters. The molecule has 1 amide bonds. The molecule has 0 saturated carbocycles. The number of nitrogens with one attached hydrogen (secondary N) is 2. The van der Waals surface area contributed by atoms with E-state index in [4.69, 9.17) is 34.8 Å². The molecule has 0 radical (unpaired) electrons. The molecule has 1 heterocycles. The van der Waals surface area contributed by atoms with Crippen molar-refractivity contribution in [2.75, 3.05) is 5.32 Å². The molecule has 1 aliphatic rings. The molecule has 142 valence electrons. The number of anilines is 1. The third kappa shape index (κ3) is 4.70. The summed E-state index contributed by atoms with van der Waals surface area (Å²) in [4.78, 5) is 13.8. The summed E-state index contributed by atoms with van der Waals surface area (Å²) in [7, 11) is 0. The van der Waals surface area contributed by atoms with E-state index in [9.17, 15) is 10.1 Å². The van der Waals surface area contributed by atoms with E-state index in [1.54, 1.807) is 12.1 Å². The van der Waals surface area contributed by atoms with Crippen molar-refractivity contribution < 1.29 is 4.79 Å². The van der Waals surface area contributed by atoms with Gasteiger partial charge >= 0.3 is 0 Å². The van der Waals surface area contributed by atoms with Gasteiger partial charge in [-0.1, -0.05) is 52.5 Å². The van der Waals surface area contributed by atoms with Gasteiger partial charge in [-0.25, -0.2) is 0 Å². The van der Waals surface area contributed by atoms with Crippen LogP contribution in [-0.4, -0.2) is 15.9 Å². The van der Waals surface area contributed by atoms with Crippen LogP contribution < -0.4 is 10.6 Å². The Morgan fingerprint density at radius 2 is 1.89 bits per heavy atom. The highest BCUT2D eigenvalue weighted by molar-refractivity contribution is 7.16. The number of halogens is 3. The number of carbonyl (C=O) groups excluding carboxylic acids is 1. The zero-order valence-corrected chi connectivity index (χ0v) is 17.7. The molecule has 1 aromatic carbocycles. The number of hydrogen-bond acceptors (Lipinski definition) is 4. The summed E-state index contributed by atoms with van der Waals surface area (Å²) in [6.45, 7) is 1.94. The molecule has 27 heavy (non-hydrogen) atoms. The number of alkyl halides is 3. The summed E-state index contributed by atoms with van der Waals surface area (Å²) in [6.07, 6.45) is 3.02. The van der Waals surface area contributed by atoms with Gasteiger partial charge in [0.1, 0.15) is 17.2 Å². The SMILES string of the molecule is Cc1ccc(C(=O)NC(Nc2sc3c(c2C#N)CCCC3)C(Cl)(Cl)Cl)cc1. The van der Waals surface area contributed by atoms with E-state index in [0.717, 1.165) is 36.8 Å². The molecule has 8 heteroatoms. The zero-order chi connectivity index (χ0) is 19.6. The third-order valence-corrected chi connectivity index (χ3v) is 6.35. The number of thiophene rings is 1. The van der Waals surface area contributed by atoms with Crippen molar-refractivity contribution >= 4 is 57.0 Å². The van der Waals surface area contributed by atoms with Crippen LogP contribution in [0.25, 0.3) is 0 Å². The Kier molecular flexibility index (Phi) is 6.22. The fourth-order valence-electron chi connectivity index (χ4n) is 3.04. The fourth-order valence-corrected chi connectivity index (χ4v) is 4.63. The quantitative estimate of drug-likeness (QED) is 0.496. The van der Waals surface area contributed by atoms with Crippen LogP contribution in [-0.2, 0) is 12.8 Å². The molecule has 1 aliphatic carbocycles.